The minimum absolute atomic E-state index is 0.668. The largest absolute Gasteiger partial charge is 0.298 e. The van der Waals surface area contributed by atoms with E-state index in [1.807, 2.05) is 36.4 Å². The van der Waals surface area contributed by atoms with E-state index in [-0.39, 0.29) is 0 Å². The molecule has 0 saturated carbocycles. The molecule has 0 spiro atoms. The third-order valence-electron chi connectivity index (χ3n) is 3.15. The lowest BCUT2D eigenvalue weighted by Gasteiger charge is -2.10. The number of benzene rings is 2. The van der Waals surface area contributed by atoms with Crippen LogP contribution in [0.3, 0.4) is 0 Å². The number of rotatable bonds is 6. The van der Waals surface area contributed by atoms with Gasteiger partial charge in [-0.1, -0.05) is 60.8 Å². The third kappa shape index (κ3) is 4.26. The lowest BCUT2D eigenvalue weighted by atomic mass is 10.1. The zero-order chi connectivity index (χ0) is 15.2. The van der Waals surface area contributed by atoms with Crippen molar-refractivity contribution < 1.29 is 4.79 Å². The Kier molecular flexibility index (Phi) is 6.16. The normalized spacial score (nSPS) is 10.6. The number of carbonyl (C=O) groups excluding carboxylic acids is 1. The highest BCUT2D eigenvalue weighted by Gasteiger charge is 2.10. The van der Waals surface area contributed by atoms with E-state index in [1.54, 1.807) is 11.8 Å². The van der Waals surface area contributed by atoms with E-state index in [9.17, 15) is 4.79 Å². The molecule has 0 atom stereocenters. The molecule has 0 saturated heterocycles. The van der Waals surface area contributed by atoms with Crippen molar-refractivity contribution in [2.75, 3.05) is 0 Å². The van der Waals surface area contributed by atoms with Crippen molar-refractivity contribution in [3.05, 3.63) is 63.1 Å². The Morgan fingerprint density at radius 2 is 1.81 bits per heavy atom. The summed E-state index contributed by atoms with van der Waals surface area (Å²) in [5, 5.41) is 1.36. The molecule has 2 rings (SSSR count). The Morgan fingerprint density at radius 3 is 2.43 bits per heavy atom. The van der Waals surface area contributed by atoms with Gasteiger partial charge in [-0.05, 0) is 29.7 Å². The third-order valence-corrected chi connectivity index (χ3v) is 5.15. The quantitative estimate of drug-likeness (QED) is 0.471. The number of halogens is 2. The predicted octanol–water partition coefficient (Wildman–Crippen LogP) is 6.05. The SMILES string of the molecule is CCCc1cc(Cl)c(SCc2ccccc2C=O)c(Cl)c1. The topological polar surface area (TPSA) is 17.1 Å². The van der Waals surface area contributed by atoms with Crippen LogP contribution in [0.4, 0.5) is 0 Å². The molecule has 0 aliphatic heterocycles. The van der Waals surface area contributed by atoms with E-state index in [4.69, 9.17) is 23.2 Å². The second kappa shape index (κ2) is 7.88. The van der Waals surface area contributed by atoms with Crippen LogP contribution in [-0.2, 0) is 12.2 Å². The van der Waals surface area contributed by atoms with Gasteiger partial charge in [-0.15, -0.1) is 11.8 Å². The van der Waals surface area contributed by atoms with Gasteiger partial charge in [-0.2, -0.15) is 0 Å². The Labute approximate surface area is 139 Å². The van der Waals surface area contributed by atoms with Crippen molar-refractivity contribution in [3.8, 4) is 0 Å². The van der Waals surface area contributed by atoms with Crippen molar-refractivity contribution in [2.45, 2.75) is 30.4 Å². The monoisotopic (exact) mass is 338 g/mol. The fourth-order valence-corrected chi connectivity index (χ4v) is 3.93. The van der Waals surface area contributed by atoms with Gasteiger partial charge in [0, 0.05) is 16.2 Å². The Hall–Kier alpha value is -0.960. The second-order valence-electron chi connectivity index (χ2n) is 4.74. The molecule has 0 aliphatic carbocycles. The number of hydrogen-bond donors (Lipinski definition) is 0. The van der Waals surface area contributed by atoms with Crippen LogP contribution in [-0.4, -0.2) is 6.29 Å². The zero-order valence-corrected chi connectivity index (χ0v) is 14.1. The summed E-state index contributed by atoms with van der Waals surface area (Å²) in [6, 6.07) is 11.5. The minimum Gasteiger partial charge on any atom is -0.298 e. The maximum Gasteiger partial charge on any atom is 0.150 e. The van der Waals surface area contributed by atoms with Gasteiger partial charge in [0.15, 0.2) is 0 Å². The summed E-state index contributed by atoms with van der Waals surface area (Å²) in [6.07, 6.45) is 2.91. The second-order valence-corrected chi connectivity index (χ2v) is 6.54. The average Bonchev–Trinajstić information content (AvgIpc) is 2.47. The highest BCUT2D eigenvalue weighted by atomic mass is 35.5. The summed E-state index contributed by atoms with van der Waals surface area (Å²) in [5.74, 6) is 0.668. The van der Waals surface area contributed by atoms with Gasteiger partial charge in [0.1, 0.15) is 6.29 Å². The summed E-state index contributed by atoms with van der Waals surface area (Å²) in [4.78, 5) is 11.9. The summed E-state index contributed by atoms with van der Waals surface area (Å²) < 4.78 is 0. The first-order chi connectivity index (χ1) is 10.2. The van der Waals surface area contributed by atoms with Gasteiger partial charge in [0.25, 0.3) is 0 Å². The van der Waals surface area contributed by atoms with Crippen molar-refractivity contribution in [3.63, 3.8) is 0 Å². The standard InChI is InChI=1S/C17H16Cl2OS/c1-2-5-12-8-15(18)17(16(19)9-12)21-11-14-7-4-3-6-13(14)10-20/h3-4,6-10H,2,5,11H2,1H3. The van der Waals surface area contributed by atoms with Gasteiger partial charge < -0.3 is 0 Å². The van der Waals surface area contributed by atoms with Crippen LogP contribution in [0.5, 0.6) is 0 Å². The molecule has 4 heteroatoms. The number of aldehydes is 1. The molecule has 2 aromatic rings. The van der Waals surface area contributed by atoms with Gasteiger partial charge in [-0.25, -0.2) is 0 Å². The Morgan fingerprint density at radius 1 is 1.14 bits per heavy atom. The molecular weight excluding hydrogens is 323 g/mol. The fourth-order valence-electron chi connectivity index (χ4n) is 2.11. The maximum atomic E-state index is 11.0. The van der Waals surface area contributed by atoms with Crippen molar-refractivity contribution in [1.82, 2.24) is 0 Å². The lowest BCUT2D eigenvalue weighted by Crippen LogP contribution is -1.91. The maximum absolute atomic E-state index is 11.0. The fraction of sp³-hybridized carbons (Fsp3) is 0.235. The minimum atomic E-state index is 0.668. The molecule has 0 bridgehead atoms. The van der Waals surface area contributed by atoms with E-state index in [2.05, 4.69) is 6.92 Å². The van der Waals surface area contributed by atoms with Crippen LogP contribution in [0.1, 0.15) is 34.8 Å². The number of carbonyl (C=O) groups is 1. The molecule has 0 fully saturated rings. The smallest absolute Gasteiger partial charge is 0.150 e. The molecule has 0 heterocycles. The lowest BCUT2D eigenvalue weighted by molar-refractivity contribution is 0.112. The first kappa shape index (κ1) is 16.4. The number of hydrogen-bond acceptors (Lipinski definition) is 2. The van der Waals surface area contributed by atoms with E-state index >= 15 is 0 Å². The van der Waals surface area contributed by atoms with E-state index < -0.39 is 0 Å². The zero-order valence-electron chi connectivity index (χ0n) is 11.7. The molecule has 110 valence electrons. The predicted molar refractivity (Wildman–Crippen MR) is 91.8 cm³/mol. The summed E-state index contributed by atoms with van der Waals surface area (Å²) in [6.45, 7) is 2.13. The van der Waals surface area contributed by atoms with Gasteiger partial charge in [0.05, 0.1) is 10.0 Å². The summed E-state index contributed by atoms with van der Waals surface area (Å²) in [7, 11) is 0. The van der Waals surface area contributed by atoms with Gasteiger partial charge in [0.2, 0.25) is 0 Å². The summed E-state index contributed by atoms with van der Waals surface area (Å²) in [5.41, 5.74) is 2.85. The molecule has 0 N–H and O–H groups in total. The molecular formula is C17H16Cl2OS. The van der Waals surface area contributed by atoms with Crippen LogP contribution >= 0.6 is 35.0 Å². The first-order valence-electron chi connectivity index (χ1n) is 6.79. The molecule has 0 radical (unpaired) electrons. The molecule has 21 heavy (non-hydrogen) atoms. The number of thioether (sulfide) groups is 1. The molecule has 0 amide bonds. The Bertz CT molecular complexity index is 617. The molecule has 0 unspecified atom stereocenters. The van der Waals surface area contributed by atoms with Gasteiger partial charge in [-0.3, -0.25) is 4.79 Å². The van der Waals surface area contributed by atoms with E-state index in [0.717, 1.165) is 35.2 Å². The highest BCUT2D eigenvalue weighted by molar-refractivity contribution is 7.98. The molecule has 2 aromatic carbocycles. The van der Waals surface area contributed by atoms with Crippen molar-refractivity contribution in [1.29, 1.82) is 0 Å². The van der Waals surface area contributed by atoms with Crippen molar-refractivity contribution in [2.24, 2.45) is 0 Å². The van der Waals surface area contributed by atoms with Crippen LogP contribution in [0.15, 0.2) is 41.3 Å². The first-order valence-corrected chi connectivity index (χ1v) is 8.53. The van der Waals surface area contributed by atoms with Gasteiger partial charge >= 0.3 is 0 Å². The van der Waals surface area contributed by atoms with Crippen molar-refractivity contribution >= 4 is 41.2 Å². The van der Waals surface area contributed by atoms with Crippen LogP contribution in [0.25, 0.3) is 0 Å². The summed E-state index contributed by atoms with van der Waals surface area (Å²) >= 11 is 14.2. The Balaban J connectivity index is 2.18. The molecule has 1 nitrogen and oxygen atoms in total. The number of aryl methyl sites for hydroxylation is 1. The van der Waals surface area contributed by atoms with Crippen LogP contribution < -0.4 is 0 Å². The molecule has 0 aromatic heterocycles. The van der Waals surface area contributed by atoms with Crippen LogP contribution in [0.2, 0.25) is 10.0 Å². The highest BCUT2D eigenvalue weighted by Crippen LogP contribution is 2.37. The molecule has 0 aliphatic rings. The van der Waals surface area contributed by atoms with E-state index in [1.165, 1.54) is 0 Å². The van der Waals surface area contributed by atoms with E-state index in [0.29, 0.717) is 21.4 Å². The van der Waals surface area contributed by atoms with Crippen LogP contribution in [0, 0.1) is 0 Å². The average molecular weight is 339 g/mol.